The van der Waals surface area contributed by atoms with Crippen molar-refractivity contribution < 1.29 is 9.53 Å². The first-order chi connectivity index (χ1) is 6.72. The van der Waals surface area contributed by atoms with Crippen LogP contribution < -0.4 is 16.0 Å². The number of carbonyl (C=O) groups is 1. The maximum Gasteiger partial charge on any atom is 0.237 e. The molecule has 0 saturated carbocycles. The van der Waals surface area contributed by atoms with Crippen molar-refractivity contribution in [3.63, 3.8) is 0 Å². The summed E-state index contributed by atoms with van der Waals surface area (Å²) >= 11 is 0. The summed E-state index contributed by atoms with van der Waals surface area (Å²) in [6, 6.07) is 3.65. The molecule has 0 saturated heterocycles. The van der Waals surface area contributed by atoms with Crippen LogP contribution in [-0.2, 0) is 4.79 Å². The maximum atomic E-state index is 10.7. The number of aromatic nitrogens is 1. The summed E-state index contributed by atoms with van der Waals surface area (Å²) in [5.41, 5.74) is 2.95. The van der Waals surface area contributed by atoms with Crippen molar-refractivity contribution in [2.75, 3.05) is 6.61 Å². The molecule has 0 spiro atoms. The van der Waals surface area contributed by atoms with E-state index < -0.39 is 0 Å². The molecule has 0 bridgehead atoms. The van der Waals surface area contributed by atoms with Crippen LogP contribution in [0.2, 0.25) is 0 Å². The van der Waals surface area contributed by atoms with Crippen LogP contribution in [0.4, 0.5) is 0 Å². The average Bonchev–Trinajstić information content (AvgIpc) is 2.21. The zero-order valence-electron chi connectivity index (χ0n) is 7.99. The molecule has 14 heavy (non-hydrogen) atoms. The van der Waals surface area contributed by atoms with Gasteiger partial charge in [0.2, 0.25) is 5.91 Å². The third-order valence-corrected chi connectivity index (χ3v) is 1.64. The zero-order valence-corrected chi connectivity index (χ0v) is 7.99. The van der Waals surface area contributed by atoms with E-state index in [2.05, 4.69) is 4.98 Å². The molecular weight excluding hydrogens is 182 g/mol. The smallest absolute Gasteiger partial charge is 0.237 e. The van der Waals surface area contributed by atoms with Crippen molar-refractivity contribution in [3.05, 3.63) is 24.0 Å². The third-order valence-electron chi connectivity index (χ3n) is 1.64. The Morgan fingerprint density at radius 3 is 3.00 bits per heavy atom. The van der Waals surface area contributed by atoms with Gasteiger partial charge in [0, 0.05) is 5.69 Å². The predicted molar refractivity (Wildman–Crippen MR) is 51.4 cm³/mol. The topological polar surface area (TPSA) is 77.2 Å². The molecule has 3 N–H and O–H groups in total. The van der Waals surface area contributed by atoms with Crippen LogP contribution >= 0.6 is 0 Å². The van der Waals surface area contributed by atoms with Gasteiger partial charge in [-0.25, -0.2) is 5.84 Å². The van der Waals surface area contributed by atoms with E-state index in [0.717, 1.165) is 5.69 Å². The average molecular weight is 195 g/mol. The molecule has 0 aromatic carbocycles. The molecule has 0 aliphatic rings. The highest BCUT2D eigenvalue weighted by Gasteiger charge is 1.99. The number of nitrogens with two attached hydrogens (primary N) is 1. The molecule has 0 atom stereocenters. The highest BCUT2D eigenvalue weighted by atomic mass is 16.5. The molecule has 5 nitrogen and oxygen atoms in total. The molecule has 0 aliphatic heterocycles. The summed E-state index contributed by atoms with van der Waals surface area (Å²) in [5, 5.41) is 0. The highest BCUT2D eigenvalue weighted by Crippen LogP contribution is 2.08. The molecule has 5 heteroatoms. The minimum absolute atomic E-state index is 0.240. The fraction of sp³-hybridized carbons (Fsp3) is 0.333. The van der Waals surface area contributed by atoms with E-state index in [4.69, 9.17) is 10.6 Å². The van der Waals surface area contributed by atoms with E-state index in [1.165, 1.54) is 0 Å². The van der Waals surface area contributed by atoms with Crippen LogP contribution in [0.15, 0.2) is 18.3 Å². The quantitative estimate of drug-likeness (QED) is 0.407. The maximum absolute atomic E-state index is 10.7. The van der Waals surface area contributed by atoms with Crippen molar-refractivity contribution in [2.45, 2.75) is 13.3 Å². The second kappa shape index (κ2) is 5.18. The van der Waals surface area contributed by atoms with Gasteiger partial charge in [-0.3, -0.25) is 15.2 Å². The lowest BCUT2D eigenvalue weighted by Crippen LogP contribution is -2.31. The number of hydrogen-bond donors (Lipinski definition) is 2. The summed E-state index contributed by atoms with van der Waals surface area (Å²) in [5.74, 6) is 5.31. The molecule has 0 radical (unpaired) electrons. The van der Waals surface area contributed by atoms with Crippen LogP contribution in [0, 0.1) is 6.92 Å². The number of pyridine rings is 1. The number of carbonyl (C=O) groups excluding carboxylic acids is 1. The number of hydrogen-bond acceptors (Lipinski definition) is 4. The van der Waals surface area contributed by atoms with Crippen LogP contribution in [0.1, 0.15) is 12.1 Å². The van der Waals surface area contributed by atoms with Crippen molar-refractivity contribution in [1.29, 1.82) is 0 Å². The first-order valence-corrected chi connectivity index (χ1v) is 4.27. The summed E-state index contributed by atoms with van der Waals surface area (Å²) in [6.45, 7) is 2.19. The molecular formula is C9H13N3O2. The summed E-state index contributed by atoms with van der Waals surface area (Å²) in [4.78, 5) is 14.8. The molecule has 1 amide bonds. The molecule has 0 aliphatic carbocycles. The van der Waals surface area contributed by atoms with Crippen LogP contribution in [0.25, 0.3) is 0 Å². The predicted octanol–water partition coefficient (Wildman–Crippen LogP) is 0.149. The van der Waals surface area contributed by atoms with E-state index in [1.807, 2.05) is 24.5 Å². The van der Waals surface area contributed by atoms with Crippen LogP contribution in [-0.4, -0.2) is 17.5 Å². The monoisotopic (exact) mass is 195 g/mol. The zero-order chi connectivity index (χ0) is 10.4. The second-order valence-electron chi connectivity index (χ2n) is 2.80. The lowest BCUT2D eigenvalue weighted by atomic mass is 10.4. The van der Waals surface area contributed by atoms with Crippen molar-refractivity contribution in [1.82, 2.24) is 10.4 Å². The Morgan fingerprint density at radius 2 is 2.43 bits per heavy atom. The van der Waals surface area contributed by atoms with Crippen molar-refractivity contribution >= 4 is 5.91 Å². The van der Waals surface area contributed by atoms with E-state index in [0.29, 0.717) is 12.4 Å². The van der Waals surface area contributed by atoms with Crippen molar-refractivity contribution in [2.24, 2.45) is 5.84 Å². The normalized spacial score (nSPS) is 9.57. The van der Waals surface area contributed by atoms with Gasteiger partial charge in [0.1, 0.15) is 5.75 Å². The molecule has 1 rings (SSSR count). The second-order valence-corrected chi connectivity index (χ2v) is 2.80. The molecule has 76 valence electrons. The van der Waals surface area contributed by atoms with E-state index in [-0.39, 0.29) is 12.3 Å². The molecule has 1 aromatic rings. The van der Waals surface area contributed by atoms with Gasteiger partial charge in [-0.1, -0.05) is 0 Å². The summed E-state index contributed by atoms with van der Waals surface area (Å²) < 4.78 is 5.25. The lowest BCUT2D eigenvalue weighted by molar-refractivity contribution is -0.121. The Kier molecular flexibility index (Phi) is 3.87. The molecule has 1 heterocycles. The van der Waals surface area contributed by atoms with Gasteiger partial charge < -0.3 is 4.74 Å². The number of amides is 1. The van der Waals surface area contributed by atoms with Gasteiger partial charge >= 0.3 is 0 Å². The van der Waals surface area contributed by atoms with Gasteiger partial charge in [0.05, 0.1) is 19.2 Å². The van der Waals surface area contributed by atoms with Crippen molar-refractivity contribution in [3.8, 4) is 5.75 Å². The molecule has 0 fully saturated rings. The Morgan fingerprint density at radius 1 is 1.64 bits per heavy atom. The largest absolute Gasteiger partial charge is 0.491 e. The van der Waals surface area contributed by atoms with Gasteiger partial charge in [-0.05, 0) is 19.1 Å². The van der Waals surface area contributed by atoms with Gasteiger partial charge in [0.15, 0.2) is 0 Å². The Balaban J connectivity index is 2.31. The van der Waals surface area contributed by atoms with E-state index in [1.54, 1.807) is 6.20 Å². The first-order valence-electron chi connectivity index (χ1n) is 4.27. The third kappa shape index (κ3) is 3.40. The SMILES string of the molecule is Cc1ccc(OCCC(=O)NN)cn1. The number of ether oxygens (including phenoxy) is 1. The number of nitrogens with one attached hydrogen (secondary N) is 1. The van der Waals surface area contributed by atoms with Crippen LogP contribution in [0.3, 0.4) is 0 Å². The highest BCUT2D eigenvalue weighted by molar-refractivity contribution is 5.75. The summed E-state index contributed by atoms with van der Waals surface area (Å²) in [7, 11) is 0. The van der Waals surface area contributed by atoms with E-state index >= 15 is 0 Å². The molecule has 0 unspecified atom stereocenters. The number of hydrazine groups is 1. The van der Waals surface area contributed by atoms with E-state index in [9.17, 15) is 4.79 Å². The standard InChI is InChI=1S/C9H13N3O2/c1-7-2-3-8(6-11-7)14-5-4-9(13)12-10/h2-3,6H,4-5,10H2,1H3,(H,12,13). The Bertz CT molecular complexity index is 297. The van der Waals surface area contributed by atoms with Gasteiger partial charge in [-0.15, -0.1) is 0 Å². The van der Waals surface area contributed by atoms with Gasteiger partial charge in [0.25, 0.3) is 0 Å². The lowest BCUT2D eigenvalue weighted by Gasteiger charge is -2.04. The Labute approximate surface area is 82.2 Å². The number of aryl methyl sites for hydroxylation is 1. The number of nitrogens with zero attached hydrogens (tertiary/aromatic N) is 1. The minimum Gasteiger partial charge on any atom is -0.491 e. The summed E-state index contributed by atoms with van der Waals surface area (Å²) in [6.07, 6.45) is 1.86. The molecule has 1 aromatic heterocycles. The minimum atomic E-state index is -0.245. The van der Waals surface area contributed by atoms with Gasteiger partial charge in [-0.2, -0.15) is 0 Å². The van der Waals surface area contributed by atoms with Crippen LogP contribution in [0.5, 0.6) is 5.75 Å². The fourth-order valence-electron chi connectivity index (χ4n) is 0.873. The first kappa shape index (κ1) is 10.5. The fourth-order valence-corrected chi connectivity index (χ4v) is 0.873. The number of rotatable bonds is 4. The Hall–Kier alpha value is -1.62.